The van der Waals surface area contributed by atoms with Gasteiger partial charge < -0.3 is 15.4 Å². The van der Waals surface area contributed by atoms with E-state index in [2.05, 4.69) is 47.5 Å². The molecule has 0 unspecified atom stereocenters. The summed E-state index contributed by atoms with van der Waals surface area (Å²) in [5, 5.41) is 7.89. The van der Waals surface area contributed by atoms with Crippen molar-refractivity contribution in [2.45, 2.75) is 40.0 Å². The molecule has 2 rings (SSSR count). The molecule has 1 aliphatic rings. The first-order valence-corrected chi connectivity index (χ1v) is 9.21. The van der Waals surface area contributed by atoms with E-state index in [4.69, 9.17) is 4.74 Å². The fraction of sp³-hybridized carbons (Fsp3) is 0.647. The molecule has 0 radical (unpaired) electrons. The van der Waals surface area contributed by atoms with E-state index in [1.165, 1.54) is 15.5 Å². The van der Waals surface area contributed by atoms with E-state index in [9.17, 15) is 0 Å². The van der Waals surface area contributed by atoms with Gasteiger partial charge in [-0.1, -0.05) is 11.6 Å². The van der Waals surface area contributed by atoms with Crippen molar-refractivity contribution in [2.24, 2.45) is 4.99 Å². The molecule has 0 amide bonds. The van der Waals surface area contributed by atoms with Crippen molar-refractivity contribution in [3.8, 4) is 0 Å². The van der Waals surface area contributed by atoms with Crippen LogP contribution in [0.1, 0.15) is 35.3 Å². The molecule has 0 spiro atoms. The number of hydrogen-bond donors (Lipinski definition) is 2. The number of guanidine groups is 1. The molecule has 0 atom stereocenters. The molecule has 2 heterocycles. The minimum absolute atomic E-state index is 0.760. The van der Waals surface area contributed by atoms with E-state index in [0.29, 0.717) is 0 Å². The maximum atomic E-state index is 5.33. The van der Waals surface area contributed by atoms with E-state index >= 15 is 0 Å². The van der Waals surface area contributed by atoms with E-state index in [0.717, 1.165) is 63.8 Å². The van der Waals surface area contributed by atoms with Crippen molar-refractivity contribution in [3.05, 3.63) is 27.2 Å². The van der Waals surface area contributed by atoms with Crippen LogP contribution < -0.4 is 10.6 Å². The van der Waals surface area contributed by atoms with E-state index in [-0.39, 0.29) is 0 Å². The zero-order valence-corrected chi connectivity index (χ0v) is 15.3. The Balaban J connectivity index is 1.76. The highest BCUT2D eigenvalue weighted by molar-refractivity contribution is 7.11. The van der Waals surface area contributed by atoms with Crippen LogP contribution in [0, 0.1) is 13.8 Å². The van der Waals surface area contributed by atoms with Crippen LogP contribution in [0.3, 0.4) is 0 Å². The van der Waals surface area contributed by atoms with Gasteiger partial charge in [-0.2, -0.15) is 0 Å². The topological polar surface area (TPSA) is 58.5 Å². The lowest BCUT2D eigenvalue weighted by molar-refractivity contribution is 0.153. The van der Waals surface area contributed by atoms with E-state index < -0.39 is 0 Å². The van der Waals surface area contributed by atoms with Gasteiger partial charge in [0, 0.05) is 30.9 Å². The quantitative estimate of drug-likeness (QED) is 0.456. The predicted molar refractivity (Wildman–Crippen MR) is 97.4 cm³/mol. The van der Waals surface area contributed by atoms with Crippen molar-refractivity contribution in [1.29, 1.82) is 0 Å². The highest BCUT2D eigenvalue weighted by Crippen LogP contribution is 2.16. The van der Waals surface area contributed by atoms with Crippen LogP contribution in [0.2, 0.25) is 0 Å². The SMILES string of the molecule is CCNC(=NCCc1nc(C)c(C)s1)NCCC1=CCOCC1. The Morgan fingerprint density at radius 2 is 2.22 bits per heavy atom. The lowest BCUT2D eigenvalue weighted by atomic mass is 10.1. The standard InChI is InChI=1S/C17H28N4OS/c1-4-18-17(19-9-5-15-7-11-22-12-8-15)20-10-6-16-21-13(2)14(3)23-16/h7H,4-6,8-12H2,1-3H3,(H2,18,19,20). The number of aliphatic imine (C=N–C) groups is 1. The molecule has 0 aromatic carbocycles. The minimum Gasteiger partial charge on any atom is -0.377 e. The second-order valence-electron chi connectivity index (χ2n) is 5.62. The molecule has 0 fully saturated rings. The van der Waals surface area contributed by atoms with Gasteiger partial charge in [0.25, 0.3) is 0 Å². The summed E-state index contributed by atoms with van der Waals surface area (Å²) in [7, 11) is 0. The molecule has 0 bridgehead atoms. The summed E-state index contributed by atoms with van der Waals surface area (Å²) in [6, 6.07) is 0. The van der Waals surface area contributed by atoms with Gasteiger partial charge in [-0.05, 0) is 33.6 Å². The average molecular weight is 337 g/mol. The number of aromatic nitrogens is 1. The van der Waals surface area contributed by atoms with Gasteiger partial charge in [-0.25, -0.2) is 4.98 Å². The number of rotatable bonds is 7. The Kier molecular flexibility index (Phi) is 7.55. The molecule has 0 aliphatic carbocycles. The third-order valence-corrected chi connectivity index (χ3v) is 4.94. The summed E-state index contributed by atoms with van der Waals surface area (Å²) in [4.78, 5) is 10.5. The summed E-state index contributed by atoms with van der Waals surface area (Å²) in [6.07, 6.45) is 5.21. The zero-order valence-electron chi connectivity index (χ0n) is 14.4. The smallest absolute Gasteiger partial charge is 0.191 e. The predicted octanol–water partition coefficient (Wildman–Crippen LogP) is 2.59. The van der Waals surface area contributed by atoms with Gasteiger partial charge in [-0.3, -0.25) is 4.99 Å². The van der Waals surface area contributed by atoms with Gasteiger partial charge in [-0.15, -0.1) is 11.3 Å². The monoisotopic (exact) mass is 336 g/mol. The van der Waals surface area contributed by atoms with Gasteiger partial charge in [0.15, 0.2) is 5.96 Å². The van der Waals surface area contributed by atoms with Gasteiger partial charge >= 0.3 is 0 Å². The van der Waals surface area contributed by atoms with Crippen molar-refractivity contribution < 1.29 is 4.74 Å². The second kappa shape index (κ2) is 9.67. The molecule has 23 heavy (non-hydrogen) atoms. The van der Waals surface area contributed by atoms with Crippen molar-refractivity contribution in [2.75, 3.05) is 32.8 Å². The first kappa shape index (κ1) is 17.9. The Bertz CT molecular complexity index is 531. The second-order valence-corrected chi connectivity index (χ2v) is 6.91. The summed E-state index contributed by atoms with van der Waals surface area (Å²) in [6.45, 7) is 10.4. The molecule has 6 heteroatoms. The van der Waals surface area contributed by atoms with Gasteiger partial charge in [0.2, 0.25) is 0 Å². The van der Waals surface area contributed by atoms with Crippen LogP contribution >= 0.6 is 11.3 Å². The first-order valence-electron chi connectivity index (χ1n) is 8.39. The number of nitrogens with one attached hydrogen (secondary N) is 2. The Morgan fingerprint density at radius 3 is 2.87 bits per heavy atom. The molecule has 0 saturated heterocycles. The summed E-state index contributed by atoms with van der Waals surface area (Å²) in [5.41, 5.74) is 2.62. The molecular formula is C17H28N4OS. The molecule has 5 nitrogen and oxygen atoms in total. The van der Waals surface area contributed by atoms with Crippen LogP contribution in [0.15, 0.2) is 16.6 Å². The summed E-state index contributed by atoms with van der Waals surface area (Å²) >= 11 is 1.78. The maximum absolute atomic E-state index is 5.33. The highest BCUT2D eigenvalue weighted by atomic mass is 32.1. The average Bonchev–Trinajstić information content (AvgIpc) is 2.86. The molecule has 128 valence electrons. The molecule has 1 aromatic rings. The van der Waals surface area contributed by atoms with Crippen molar-refractivity contribution in [1.82, 2.24) is 15.6 Å². The van der Waals surface area contributed by atoms with Crippen LogP contribution in [0.4, 0.5) is 0 Å². The number of thiazole rings is 1. The zero-order chi connectivity index (χ0) is 16.5. The van der Waals surface area contributed by atoms with Crippen LogP contribution in [0.5, 0.6) is 0 Å². The lowest BCUT2D eigenvalue weighted by Crippen LogP contribution is -2.38. The fourth-order valence-electron chi connectivity index (χ4n) is 2.39. The fourth-order valence-corrected chi connectivity index (χ4v) is 3.31. The number of ether oxygens (including phenoxy) is 1. The highest BCUT2D eigenvalue weighted by Gasteiger charge is 2.05. The number of aryl methyl sites for hydroxylation is 2. The van der Waals surface area contributed by atoms with Crippen LogP contribution in [0.25, 0.3) is 0 Å². The lowest BCUT2D eigenvalue weighted by Gasteiger charge is -2.15. The van der Waals surface area contributed by atoms with Crippen LogP contribution in [-0.2, 0) is 11.2 Å². The van der Waals surface area contributed by atoms with Gasteiger partial charge in [0.05, 0.1) is 23.9 Å². The normalized spacial score (nSPS) is 15.4. The largest absolute Gasteiger partial charge is 0.377 e. The van der Waals surface area contributed by atoms with Crippen LogP contribution in [-0.4, -0.2) is 43.8 Å². The minimum atomic E-state index is 0.760. The molecule has 0 saturated carbocycles. The number of hydrogen-bond acceptors (Lipinski definition) is 4. The van der Waals surface area contributed by atoms with Crippen molar-refractivity contribution in [3.63, 3.8) is 0 Å². The molecule has 2 N–H and O–H groups in total. The third-order valence-electron chi connectivity index (χ3n) is 3.81. The first-order chi connectivity index (χ1) is 11.2. The Labute approximate surface area is 143 Å². The molecular weight excluding hydrogens is 308 g/mol. The maximum Gasteiger partial charge on any atom is 0.191 e. The molecule has 1 aromatic heterocycles. The Morgan fingerprint density at radius 1 is 1.35 bits per heavy atom. The van der Waals surface area contributed by atoms with E-state index in [1.807, 2.05) is 0 Å². The van der Waals surface area contributed by atoms with E-state index in [1.54, 1.807) is 11.3 Å². The van der Waals surface area contributed by atoms with Crippen molar-refractivity contribution >= 4 is 17.3 Å². The summed E-state index contributed by atoms with van der Waals surface area (Å²) < 4.78 is 5.33. The number of nitrogens with zero attached hydrogens (tertiary/aromatic N) is 2. The van der Waals surface area contributed by atoms with Gasteiger partial charge in [0.1, 0.15) is 0 Å². The Hall–Kier alpha value is -1.40. The summed E-state index contributed by atoms with van der Waals surface area (Å²) in [5.74, 6) is 0.894. The molecule has 1 aliphatic heterocycles. The third kappa shape index (κ3) is 6.31.